The predicted molar refractivity (Wildman–Crippen MR) is 112 cm³/mol. The molecule has 0 radical (unpaired) electrons. The third-order valence-corrected chi connectivity index (χ3v) is 6.04. The molecule has 0 aliphatic heterocycles. The smallest absolute Gasteiger partial charge is 0.255 e. The molecule has 2 N–H and O–H groups in total. The lowest BCUT2D eigenvalue weighted by Gasteiger charge is -2.14. The fraction of sp³-hybridized carbons (Fsp3) is 0.350. The molecule has 0 saturated carbocycles. The van der Waals surface area contributed by atoms with Gasteiger partial charge in [0.2, 0.25) is 10.0 Å². The van der Waals surface area contributed by atoms with E-state index in [2.05, 4.69) is 10.0 Å². The minimum atomic E-state index is -3.67. The minimum absolute atomic E-state index is 0.0793. The van der Waals surface area contributed by atoms with Gasteiger partial charge in [0.15, 0.2) is 0 Å². The van der Waals surface area contributed by atoms with Crippen molar-refractivity contribution in [2.75, 3.05) is 19.0 Å². The summed E-state index contributed by atoms with van der Waals surface area (Å²) in [5, 5.41) is 3.13. The summed E-state index contributed by atoms with van der Waals surface area (Å²) in [6.45, 7) is 8.08. The number of halogens is 1. The Morgan fingerprint density at radius 2 is 1.86 bits per heavy atom. The van der Waals surface area contributed by atoms with Gasteiger partial charge in [-0.3, -0.25) is 4.79 Å². The second-order valence-corrected chi connectivity index (χ2v) is 9.19. The first-order chi connectivity index (χ1) is 13.0. The number of ether oxygens (including phenoxy) is 1. The van der Waals surface area contributed by atoms with Crippen molar-refractivity contribution in [3.05, 3.63) is 52.0 Å². The van der Waals surface area contributed by atoms with Crippen molar-refractivity contribution in [3.8, 4) is 5.75 Å². The van der Waals surface area contributed by atoms with Crippen molar-refractivity contribution in [2.24, 2.45) is 5.92 Å². The Bertz CT molecular complexity index is 988. The second kappa shape index (κ2) is 8.94. The summed E-state index contributed by atoms with van der Waals surface area (Å²) in [6, 6.07) is 8.00. The molecule has 0 fully saturated rings. The average molecular weight is 425 g/mol. The molecule has 1 amide bonds. The molecule has 6 nitrogen and oxygen atoms in total. The largest absolute Gasteiger partial charge is 0.492 e. The Labute approximate surface area is 171 Å². The number of hydrogen-bond acceptors (Lipinski definition) is 4. The van der Waals surface area contributed by atoms with Crippen molar-refractivity contribution in [1.82, 2.24) is 4.72 Å². The van der Waals surface area contributed by atoms with E-state index in [0.717, 1.165) is 0 Å². The molecule has 0 aliphatic rings. The Hall–Kier alpha value is -2.09. The van der Waals surface area contributed by atoms with Crippen molar-refractivity contribution in [1.29, 1.82) is 0 Å². The van der Waals surface area contributed by atoms with Gasteiger partial charge in [-0.15, -0.1) is 0 Å². The molecule has 0 aliphatic carbocycles. The quantitative estimate of drug-likeness (QED) is 0.699. The number of amides is 1. The normalized spacial score (nSPS) is 11.5. The standard InChI is InChI=1S/C20H25ClN2O4S/c1-12(2)11-27-18-7-6-16(10-17(18)21)23-20(24)15-8-13(3)14(4)19(9-15)28(25,26)22-5/h6-10,12,22H,11H2,1-5H3,(H,23,24). The summed E-state index contributed by atoms with van der Waals surface area (Å²) in [6.07, 6.45) is 0. The predicted octanol–water partition coefficient (Wildman–Crippen LogP) is 4.15. The van der Waals surface area contributed by atoms with Gasteiger partial charge < -0.3 is 10.1 Å². The van der Waals surface area contributed by atoms with E-state index >= 15 is 0 Å². The Morgan fingerprint density at radius 3 is 2.43 bits per heavy atom. The average Bonchev–Trinajstić information content (AvgIpc) is 2.62. The third kappa shape index (κ3) is 5.25. The number of hydrogen-bond donors (Lipinski definition) is 2. The van der Waals surface area contributed by atoms with E-state index in [9.17, 15) is 13.2 Å². The molecule has 8 heteroatoms. The van der Waals surface area contributed by atoms with Crippen LogP contribution in [0.3, 0.4) is 0 Å². The summed E-state index contributed by atoms with van der Waals surface area (Å²) in [4.78, 5) is 12.7. The van der Waals surface area contributed by atoms with Crippen LogP contribution in [0, 0.1) is 19.8 Å². The highest BCUT2D eigenvalue weighted by molar-refractivity contribution is 7.89. The molecule has 28 heavy (non-hydrogen) atoms. The van der Waals surface area contributed by atoms with Gasteiger partial charge in [-0.1, -0.05) is 25.4 Å². The maximum Gasteiger partial charge on any atom is 0.255 e. The van der Waals surface area contributed by atoms with Gasteiger partial charge in [-0.05, 0) is 68.3 Å². The van der Waals surface area contributed by atoms with Gasteiger partial charge >= 0.3 is 0 Å². The fourth-order valence-electron chi connectivity index (χ4n) is 2.50. The summed E-state index contributed by atoms with van der Waals surface area (Å²) in [5.74, 6) is 0.479. The Balaban J connectivity index is 2.27. The fourth-order valence-corrected chi connectivity index (χ4v) is 3.80. The van der Waals surface area contributed by atoms with E-state index in [1.54, 1.807) is 38.1 Å². The molecule has 0 unspecified atom stereocenters. The van der Waals surface area contributed by atoms with Gasteiger partial charge in [0.1, 0.15) is 5.75 Å². The van der Waals surface area contributed by atoms with Crippen molar-refractivity contribution in [3.63, 3.8) is 0 Å². The molecule has 0 saturated heterocycles. The molecule has 2 aromatic rings. The highest BCUT2D eigenvalue weighted by atomic mass is 35.5. The summed E-state index contributed by atoms with van der Waals surface area (Å²) in [5.41, 5.74) is 2.04. The minimum Gasteiger partial charge on any atom is -0.492 e. The summed E-state index contributed by atoms with van der Waals surface area (Å²) in [7, 11) is -2.34. The van der Waals surface area contributed by atoms with Crippen molar-refractivity contribution >= 4 is 33.2 Å². The molecule has 152 valence electrons. The summed E-state index contributed by atoms with van der Waals surface area (Å²) < 4.78 is 32.4. The van der Waals surface area contributed by atoms with E-state index in [4.69, 9.17) is 16.3 Å². The zero-order valence-electron chi connectivity index (χ0n) is 16.6. The molecule has 0 atom stereocenters. The van der Waals surface area contributed by atoms with Crippen LogP contribution in [0.15, 0.2) is 35.2 Å². The molecule has 0 bridgehead atoms. The Morgan fingerprint density at radius 1 is 1.18 bits per heavy atom. The highest BCUT2D eigenvalue weighted by Gasteiger charge is 2.19. The maximum absolute atomic E-state index is 12.7. The van der Waals surface area contributed by atoms with E-state index < -0.39 is 15.9 Å². The van der Waals surface area contributed by atoms with Crippen LogP contribution in [0.2, 0.25) is 5.02 Å². The van der Waals surface area contributed by atoms with Crippen molar-refractivity contribution < 1.29 is 17.9 Å². The van der Waals surface area contributed by atoms with Crippen LogP contribution < -0.4 is 14.8 Å². The molecular weight excluding hydrogens is 400 g/mol. The lowest BCUT2D eigenvalue weighted by molar-refractivity contribution is 0.102. The van der Waals surface area contributed by atoms with Gasteiger partial charge in [-0.2, -0.15) is 0 Å². The number of carbonyl (C=O) groups is 1. The first kappa shape index (κ1) is 22.2. The monoisotopic (exact) mass is 424 g/mol. The van der Waals surface area contributed by atoms with E-state index in [1.165, 1.54) is 13.1 Å². The molecule has 2 aromatic carbocycles. The van der Waals surface area contributed by atoms with Crippen LogP contribution in [0.5, 0.6) is 5.75 Å². The maximum atomic E-state index is 12.7. The van der Waals surface area contributed by atoms with Crippen LogP contribution in [0.1, 0.15) is 35.3 Å². The SMILES string of the molecule is CNS(=O)(=O)c1cc(C(=O)Nc2ccc(OCC(C)C)c(Cl)c2)cc(C)c1C. The lowest BCUT2D eigenvalue weighted by Crippen LogP contribution is -2.21. The third-order valence-electron chi connectivity index (χ3n) is 4.20. The number of nitrogens with one attached hydrogen (secondary N) is 2. The van der Waals surface area contributed by atoms with Crippen molar-refractivity contribution in [2.45, 2.75) is 32.6 Å². The molecule has 2 rings (SSSR count). The van der Waals surface area contributed by atoms with E-state index in [0.29, 0.717) is 40.1 Å². The topological polar surface area (TPSA) is 84.5 Å². The number of rotatable bonds is 7. The number of benzene rings is 2. The molecule has 0 aromatic heterocycles. The molecular formula is C20H25ClN2O4S. The van der Waals surface area contributed by atoms with Gasteiger partial charge in [0.25, 0.3) is 5.91 Å². The number of anilines is 1. The zero-order chi connectivity index (χ0) is 21.1. The Kier molecular flexibility index (Phi) is 7.09. The van der Waals surface area contributed by atoms with Crippen LogP contribution in [0.25, 0.3) is 0 Å². The van der Waals surface area contributed by atoms with Gasteiger partial charge in [0, 0.05) is 11.3 Å². The first-order valence-electron chi connectivity index (χ1n) is 8.83. The molecule has 0 spiro atoms. The van der Waals surface area contributed by atoms with Crippen LogP contribution in [-0.4, -0.2) is 28.0 Å². The number of carbonyl (C=O) groups excluding carboxylic acids is 1. The van der Waals surface area contributed by atoms with E-state index in [-0.39, 0.29) is 10.5 Å². The lowest BCUT2D eigenvalue weighted by atomic mass is 10.1. The van der Waals surface area contributed by atoms with Crippen LogP contribution in [0.4, 0.5) is 5.69 Å². The second-order valence-electron chi connectivity index (χ2n) is 6.93. The zero-order valence-corrected chi connectivity index (χ0v) is 18.2. The highest BCUT2D eigenvalue weighted by Crippen LogP contribution is 2.29. The van der Waals surface area contributed by atoms with Crippen LogP contribution >= 0.6 is 11.6 Å². The number of sulfonamides is 1. The van der Waals surface area contributed by atoms with E-state index in [1.807, 2.05) is 13.8 Å². The first-order valence-corrected chi connectivity index (χ1v) is 10.7. The molecule has 0 heterocycles. The van der Waals surface area contributed by atoms with Gasteiger partial charge in [0.05, 0.1) is 16.5 Å². The van der Waals surface area contributed by atoms with Gasteiger partial charge in [-0.25, -0.2) is 13.1 Å². The summed E-state index contributed by atoms with van der Waals surface area (Å²) >= 11 is 6.23. The number of aryl methyl sites for hydroxylation is 1. The van der Waals surface area contributed by atoms with Crippen LogP contribution in [-0.2, 0) is 10.0 Å².